The number of carbonyl (C=O) groups excluding carboxylic acids is 1. The summed E-state index contributed by atoms with van der Waals surface area (Å²) in [4.78, 5) is 14.4. The molecule has 1 aliphatic rings. The van der Waals surface area contributed by atoms with E-state index in [1.54, 1.807) is 17.0 Å². The molecule has 2 unspecified atom stereocenters. The summed E-state index contributed by atoms with van der Waals surface area (Å²) >= 11 is 0. The second-order valence-electron chi connectivity index (χ2n) is 6.25. The van der Waals surface area contributed by atoms with Crippen LogP contribution >= 0.6 is 0 Å². The van der Waals surface area contributed by atoms with Gasteiger partial charge < -0.3 is 15.3 Å². The van der Waals surface area contributed by atoms with Gasteiger partial charge in [-0.05, 0) is 42.2 Å². The highest BCUT2D eigenvalue weighted by Gasteiger charge is 2.30. The first-order chi connectivity index (χ1) is 12.1. The number of urea groups is 1. The van der Waals surface area contributed by atoms with Gasteiger partial charge in [0.2, 0.25) is 0 Å². The van der Waals surface area contributed by atoms with Gasteiger partial charge in [0.1, 0.15) is 0 Å². The van der Waals surface area contributed by atoms with Crippen molar-refractivity contribution in [2.75, 3.05) is 13.2 Å². The summed E-state index contributed by atoms with van der Waals surface area (Å²) in [6.45, 7) is 2.35. The van der Waals surface area contributed by atoms with Gasteiger partial charge in [-0.15, -0.1) is 0 Å². The van der Waals surface area contributed by atoms with Crippen molar-refractivity contribution in [2.45, 2.75) is 25.4 Å². The summed E-state index contributed by atoms with van der Waals surface area (Å²) in [5.74, 6) is 0. The standard InChI is InChI=1S/C20H21N3O2/c1-14(17-7-4-5-15(11-17)12-21)22-20(25)23-10-9-16-6-2-3-8-18(16)19(23)13-24/h2-8,11,14,19,24H,9-10,13H2,1H3,(H,22,25). The normalized spacial score (nSPS) is 17.3. The SMILES string of the molecule is CC(NC(=O)N1CCc2ccccc2C1CO)c1cccc(C#N)c1. The molecule has 0 aliphatic carbocycles. The summed E-state index contributed by atoms with van der Waals surface area (Å²) in [6, 6.07) is 16.5. The molecule has 0 radical (unpaired) electrons. The molecule has 5 heteroatoms. The number of hydrogen-bond donors (Lipinski definition) is 2. The van der Waals surface area contributed by atoms with Gasteiger partial charge in [0.05, 0.1) is 30.3 Å². The Bertz CT molecular complexity index is 813. The summed E-state index contributed by atoms with van der Waals surface area (Å²) in [6.07, 6.45) is 0.776. The highest BCUT2D eigenvalue weighted by Crippen LogP contribution is 2.29. The van der Waals surface area contributed by atoms with Crippen LogP contribution < -0.4 is 5.32 Å². The van der Waals surface area contributed by atoms with E-state index in [1.807, 2.05) is 43.3 Å². The molecule has 1 heterocycles. The Balaban J connectivity index is 1.75. The first-order valence-electron chi connectivity index (χ1n) is 8.40. The number of nitrogens with zero attached hydrogens (tertiary/aromatic N) is 2. The molecule has 2 N–H and O–H groups in total. The van der Waals surface area contributed by atoms with E-state index in [0.717, 1.165) is 17.5 Å². The van der Waals surface area contributed by atoms with Crippen molar-refractivity contribution in [1.82, 2.24) is 10.2 Å². The van der Waals surface area contributed by atoms with Crippen molar-refractivity contribution < 1.29 is 9.90 Å². The maximum atomic E-state index is 12.8. The number of aliphatic hydroxyl groups excluding tert-OH is 1. The van der Waals surface area contributed by atoms with Crippen molar-refractivity contribution >= 4 is 6.03 Å². The molecule has 0 saturated heterocycles. The number of aliphatic hydroxyl groups is 1. The van der Waals surface area contributed by atoms with E-state index in [-0.39, 0.29) is 24.7 Å². The Morgan fingerprint density at radius 1 is 1.36 bits per heavy atom. The van der Waals surface area contributed by atoms with E-state index < -0.39 is 0 Å². The van der Waals surface area contributed by atoms with Crippen LogP contribution in [-0.4, -0.2) is 29.2 Å². The number of carbonyl (C=O) groups is 1. The minimum absolute atomic E-state index is 0.108. The van der Waals surface area contributed by atoms with E-state index in [2.05, 4.69) is 11.4 Å². The lowest BCUT2D eigenvalue weighted by atomic mass is 9.93. The van der Waals surface area contributed by atoms with Gasteiger partial charge in [0.25, 0.3) is 0 Å². The zero-order chi connectivity index (χ0) is 17.8. The van der Waals surface area contributed by atoms with Gasteiger partial charge in [-0.2, -0.15) is 5.26 Å². The summed E-state index contributed by atoms with van der Waals surface area (Å²) < 4.78 is 0. The lowest BCUT2D eigenvalue weighted by Gasteiger charge is -2.37. The van der Waals surface area contributed by atoms with Gasteiger partial charge in [-0.1, -0.05) is 36.4 Å². The monoisotopic (exact) mass is 335 g/mol. The van der Waals surface area contributed by atoms with Crippen LogP contribution in [0.3, 0.4) is 0 Å². The highest BCUT2D eigenvalue weighted by molar-refractivity contribution is 5.76. The first kappa shape index (κ1) is 17.0. The maximum absolute atomic E-state index is 12.8. The van der Waals surface area contributed by atoms with Crippen molar-refractivity contribution in [1.29, 1.82) is 5.26 Å². The molecule has 2 aromatic rings. The van der Waals surface area contributed by atoms with Gasteiger partial charge in [-0.3, -0.25) is 0 Å². The summed E-state index contributed by atoms with van der Waals surface area (Å²) in [7, 11) is 0. The molecule has 3 rings (SSSR count). The number of fused-ring (bicyclic) bond motifs is 1. The van der Waals surface area contributed by atoms with Crippen molar-refractivity contribution in [2.24, 2.45) is 0 Å². The van der Waals surface area contributed by atoms with Gasteiger partial charge in [0.15, 0.2) is 0 Å². The smallest absolute Gasteiger partial charge is 0.318 e. The van der Waals surface area contributed by atoms with Crippen LogP contribution in [0, 0.1) is 11.3 Å². The third-order valence-electron chi connectivity index (χ3n) is 4.70. The van der Waals surface area contributed by atoms with E-state index in [9.17, 15) is 9.90 Å². The molecule has 128 valence electrons. The zero-order valence-electron chi connectivity index (χ0n) is 14.1. The molecular formula is C20H21N3O2. The van der Waals surface area contributed by atoms with Gasteiger partial charge >= 0.3 is 6.03 Å². The third kappa shape index (κ3) is 3.49. The van der Waals surface area contributed by atoms with E-state index in [1.165, 1.54) is 5.56 Å². The molecule has 0 saturated carbocycles. The van der Waals surface area contributed by atoms with E-state index >= 15 is 0 Å². The first-order valence-corrected chi connectivity index (χ1v) is 8.40. The molecule has 2 atom stereocenters. The lowest BCUT2D eigenvalue weighted by Crippen LogP contribution is -2.47. The van der Waals surface area contributed by atoms with Crippen LogP contribution in [0.2, 0.25) is 0 Å². The number of rotatable bonds is 3. The predicted octanol–water partition coefficient (Wildman–Crippen LogP) is 2.92. The predicted molar refractivity (Wildman–Crippen MR) is 94.8 cm³/mol. The minimum Gasteiger partial charge on any atom is -0.394 e. The van der Waals surface area contributed by atoms with Crippen LogP contribution in [0.15, 0.2) is 48.5 Å². The fourth-order valence-electron chi connectivity index (χ4n) is 3.32. The Labute approximate surface area is 147 Å². The molecule has 1 aliphatic heterocycles. The van der Waals surface area contributed by atoms with Gasteiger partial charge in [0, 0.05) is 6.54 Å². The molecular weight excluding hydrogens is 314 g/mol. The van der Waals surface area contributed by atoms with Gasteiger partial charge in [-0.25, -0.2) is 4.79 Å². The average molecular weight is 335 g/mol. The highest BCUT2D eigenvalue weighted by atomic mass is 16.3. The average Bonchev–Trinajstić information content (AvgIpc) is 2.66. The molecule has 0 spiro atoms. The molecule has 2 aromatic carbocycles. The second kappa shape index (κ2) is 7.37. The molecule has 0 aromatic heterocycles. The number of nitrogens with one attached hydrogen (secondary N) is 1. The van der Waals surface area contributed by atoms with Crippen molar-refractivity contribution in [3.63, 3.8) is 0 Å². The molecule has 0 fully saturated rings. The molecule has 2 amide bonds. The molecule has 0 bridgehead atoms. The largest absolute Gasteiger partial charge is 0.394 e. The Hall–Kier alpha value is -2.84. The van der Waals surface area contributed by atoms with Crippen LogP contribution in [-0.2, 0) is 6.42 Å². The minimum atomic E-state index is -0.331. The fraction of sp³-hybridized carbons (Fsp3) is 0.300. The Morgan fingerprint density at radius 2 is 2.16 bits per heavy atom. The zero-order valence-corrected chi connectivity index (χ0v) is 14.1. The second-order valence-corrected chi connectivity index (χ2v) is 6.25. The Morgan fingerprint density at radius 3 is 2.92 bits per heavy atom. The fourth-order valence-corrected chi connectivity index (χ4v) is 3.32. The van der Waals surface area contributed by atoms with Crippen molar-refractivity contribution in [3.05, 3.63) is 70.8 Å². The number of hydrogen-bond acceptors (Lipinski definition) is 3. The Kier molecular flexibility index (Phi) is 5.01. The van der Waals surface area contributed by atoms with Crippen molar-refractivity contribution in [3.8, 4) is 6.07 Å². The number of nitriles is 1. The quantitative estimate of drug-likeness (QED) is 0.905. The summed E-state index contributed by atoms with van der Waals surface area (Å²) in [5, 5.41) is 21.8. The number of amides is 2. The third-order valence-corrected chi connectivity index (χ3v) is 4.70. The van der Waals surface area contributed by atoms with Crippen LogP contribution in [0.25, 0.3) is 0 Å². The lowest BCUT2D eigenvalue weighted by molar-refractivity contribution is 0.125. The molecule has 25 heavy (non-hydrogen) atoms. The van der Waals surface area contributed by atoms with E-state index in [4.69, 9.17) is 5.26 Å². The topological polar surface area (TPSA) is 76.4 Å². The van der Waals surface area contributed by atoms with E-state index in [0.29, 0.717) is 12.1 Å². The van der Waals surface area contributed by atoms with Crippen LogP contribution in [0.5, 0.6) is 0 Å². The number of benzene rings is 2. The van der Waals surface area contributed by atoms with Crippen LogP contribution in [0.4, 0.5) is 4.79 Å². The molecule has 5 nitrogen and oxygen atoms in total. The maximum Gasteiger partial charge on any atom is 0.318 e. The summed E-state index contributed by atoms with van der Waals surface area (Å²) in [5.41, 5.74) is 3.63. The van der Waals surface area contributed by atoms with Crippen LogP contribution in [0.1, 0.15) is 41.3 Å².